The number of fused-ring (bicyclic) bond motifs is 1. The molecule has 0 amide bonds. The van der Waals surface area contributed by atoms with Gasteiger partial charge in [-0.1, -0.05) is 32.9 Å². The Labute approximate surface area is 149 Å². The number of aromatic nitrogens is 2. The lowest BCUT2D eigenvalue weighted by Crippen LogP contribution is -2.32. The van der Waals surface area contributed by atoms with Gasteiger partial charge in [-0.15, -0.1) is 0 Å². The largest absolute Gasteiger partial charge is 0.465 e. The van der Waals surface area contributed by atoms with Crippen LogP contribution in [-0.4, -0.2) is 34.5 Å². The minimum Gasteiger partial charge on any atom is -0.465 e. The quantitative estimate of drug-likeness (QED) is 0.804. The topological polar surface area (TPSA) is 55.3 Å². The van der Waals surface area contributed by atoms with Crippen molar-refractivity contribution in [3.05, 3.63) is 58.7 Å². The Hall–Kier alpha value is -2.27. The molecule has 0 bridgehead atoms. The fourth-order valence-electron chi connectivity index (χ4n) is 3.03. The van der Waals surface area contributed by atoms with Gasteiger partial charge in [-0.25, -0.2) is 14.8 Å². The lowest BCUT2D eigenvalue weighted by atomic mass is 9.95. The second-order valence-electron chi connectivity index (χ2n) is 7.57. The fourth-order valence-corrected chi connectivity index (χ4v) is 3.03. The number of methoxy groups -OCH3 is 1. The van der Waals surface area contributed by atoms with E-state index in [1.54, 1.807) is 6.07 Å². The zero-order valence-corrected chi connectivity index (χ0v) is 15.4. The molecule has 1 aliphatic rings. The van der Waals surface area contributed by atoms with Crippen molar-refractivity contribution in [3.63, 3.8) is 0 Å². The summed E-state index contributed by atoms with van der Waals surface area (Å²) in [6.07, 6.45) is 2.94. The number of benzene rings is 1. The smallest absolute Gasteiger partial charge is 0.337 e. The Bertz CT molecular complexity index is 781. The zero-order valence-electron chi connectivity index (χ0n) is 15.4. The van der Waals surface area contributed by atoms with Crippen molar-refractivity contribution in [2.24, 2.45) is 0 Å². The van der Waals surface area contributed by atoms with Gasteiger partial charge in [0.25, 0.3) is 0 Å². The molecule has 0 N–H and O–H groups in total. The van der Waals surface area contributed by atoms with Crippen molar-refractivity contribution >= 4 is 5.97 Å². The summed E-state index contributed by atoms with van der Waals surface area (Å²) in [7, 11) is 1.41. The van der Waals surface area contributed by atoms with Crippen molar-refractivity contribution < 1.29 is 9.53 Å². The van der Waals surface area contributed by atoms with Gasteiger partial charge in [0.2, 0.25) is 0 Å². The van der Waals surface area contributed by atoms with Crippen molar-refractivity contribution in [2.45, 2.75) is 45.7 Å². The molecular weight excluding hydrogens is 314 g/mol. The molecular formula is C20H25N3O2. The summed E-state index contributed by atoms with van der Waals surface area (Å²) in [4.78, 5) is 23.4. The summed E-state index contributed by atoms with van der Waals surface area (Å²) in [6, 6.07) is 7.63. The molecule has 0 fully saturated rings. The van der Waals surface area contributed by atoms with Crippen LogP contribution in [0.2, 0.25) is 0 Å². The van der Waals surface area contributed by atoms with Crippen LogP contribution in [0.15, 0.2) is 30.5 Å². The Morgan fingerprint density at radius 1 is 1.32 bits per heavy atom. The molecule has 2 aromatic rings. The lowest BCUT2D eigenvalue weighted by Gasteiger charge is -2.29. The molecule has 0 unspecified atom stereocenters. The van der Waals surface area contributed by atoms with Crippen molar-refractivity contribution in [2.75, 3.05) is 13.7 Å². The van der Waals surface area contributed by atoms with Crippen LogP contribution < -0.4 is 0 Å². The average Bonchev–Trinajstić information content (AvgIpc) is 2.60. The maximum atomic E-state index is 11.7. The standard InChI is InChI=1S/C20H25N3O2/c1-20(2,3)19-21-11-16-8-9-23(13-17(16)22-19)12-14-6-5-7-15(10-14)18(24)25-4/h5-7,10-11H,8-9,12-13H2,1-4H3. The van der Waals surface area contributed by atoms with Crippen LogP contribution in [0.5, 0.6) is 0 Å². The maximum Gasteiger partial charge on any atom is 0.337 e. The number of esters is 1. The highest BCUT2D eigenvalue weighted by atomic mass is 16.5. The first-order valence-electron chi connectivity index (χ1n) is 8.61. The second-order valence-corrected chi connectivity index (χ2v) is 7.57. The average molecular weight is 339 g/mol. The van der Waals surface area contributed by atoms with E-state index in [9.17, 15) is 4.79 Å². The molecule has 132 valence electrons. The predicted octanol–water partition coefficient (Wildman–Crippen LogP) is 3.12. The molecule has 0 radical (unpaired) electrons. The Morgan fingerprint density at radius 2 is 2.12 bits per heavy atom. The predicted molar refractivity (Wildman–Crippen MR) is 96.3 cm³/mol. The zero-order chi connectivity index (χ0) is 18.0. The van der Waals surface area contributed by atoms with Crippen LogP contribution in [0.25, 0.3) is 0 Å². The summed E-state index contributed by atoms with van der Waals surface area (Å²) >= 11 is 0. The summed E-state index contributed by atoms with van der Waals surface area (Å²) in [5, 5.41) is 0. The van der Waals surface area contributed by atoms with E-state index in [4.69, 9.17) is 9.72 Å². The number of ether oxygens (including phenoxy) is 1. The van der Waals surface area contributed by atoms with Crippen LogP contribution in [0, 0.1) is 0 Å². The molecule has 0 aliphatic carbocycles. The number of rotatable bonds is 3. The highest BCUT2D eigenvalue weighted by molar-refractivity contribution is 5.89. The van der Waals surface area contributed by atoms with Gasteiger partial charge < -0.3 is 4.74 Å². The van der Waals surface area contributed by atoms with Crippen LogP contribution in [0.1, 0.15) is 53.8 Å². The van der Waals surface area contributed by atoms with E-state index in [0.29, 0.717) is 5.56 Å². The van der Waals surface area contributed by atoms with Gasteiger partial charge in [0.1, 0.15) is 5.82 Å². The van der Waals surface area contributed by atoms with Gasteiger partial charge in [-0.2, -0.15) is 0 Å². The van der Waals surface area contributed by atoms with Gasteiger partial charge in [0, 0.05) is 31.2 Å². The third-order valence-electron chi connectivity index (χ3n) is 4.45. The minimum atomic E-state index is -0.298. The molecule has 1 aromatic carbocycles. The normalized spacial score (nSPS) is 14.9. The summed E-state index contributed by atoms with van der Waals surface area (Å²) in [5.74, 6) is 0.592. The van der Waals surface area contributed by atoms with Gasteiger partial charge in [-0.05, 0) is 29.7 Å². The molecule has 5 nitrogen and oxygen atoms in total. The van der Waals surface area contributed by atoms with Gasteiger partial charge in [0.05, 0.1) is 18.4 Å². The number of carbonyl (C=O) groups excluding carboxylic acids is 1. The Balaban J connectivity index is 1.76. The van der Waals surface area contributed by atoms with E-state index >= 15 is 0 Å². The molecule has 5 heteroatoms. The van der Waals surface area contributed by atoms with E-state index in [1.807, 2.05) is 24.4 Å². The van der Waals surface area contributed by atoms with Crippen LogP contribution >= 0.6 is 0 Å². The number of carbonyl (C=O) groups is 1. The highest BCUT2D eigenvalue weighted by Crippen LogP contribution is 2.23. The van der Waals surface area contributed by atoms with E-state index in [1.165, 1.54) is 12.7 Å². The minimum absolute atomic E-state index is 0.0495. The van der Waals surface area contributed by atoms with Crippen LogP contribution in [0.3, 0.4) is 0 Å². The van der Waals surface area contributed by atoms with Gasteiger partial charge >= 0.3 is 5.97 Å². The molecule has 2 heterocycles. The SMILES string of the molecule is COC(=O)c1cccc(CN2CCc3cnc(C(C)(C)C)nc3C2)c1. The first-order chi connectivity index (χ1) is 11.9. The number of nitrogens with zero attached hydrogens (tertiary/aromatic N) is 3. The van der Waals surface area contributed by atoms with Gasteiger partial charge in [-0.3, -0.25) is 4.90 Å². The van der Waals surface area contributed by atoms with Crippen molar-refractivity contribution in [1.29, 1.82) is 0 Å². The highest BCUT2D eigenvalue weighted by Gasteiger charge is 2.23. The first kappa shape index (κ1) is 17.5. The summed E-state index contributed by atoms with van der Waals surface area (Å²) in [6.45, 7) is 8.96. The second kappa shape index (κ2) is 6.92. The van der Waals surface area contributed by atoms with E-state index in [2.05, 4.69) is 30.7 Å². The third-order valence-corrected chi connectivity index (χ3v) is 4.45. The molecule has 25 heavy (non-hydrogen) atoms. The Kier molecular flexibility index (Phi) is 4.86. The lowest BCUT2D eigenvalue weighted by molar-refractivity contribution is 0.0600. The van der Waals surface area contributed by atoms with Crippen molar-refractivity contribution in [1.82, 2.24) is 14.9 Å². The van der Waals surface area contributed by atoms with E-state index < -0.39 is 0 Å². The van der Waals surface area contributed by atoms with Crippen LogP contribution in [0.4, 0.5) is 0 Å². The number of hydrogen-bond donors (Lipinski definition) is 0. The first-order valence-corrected chi connectivity index (χ1v) is 8.61. The molecule has 1 aliphatic heterocycles. The monoisotopic (exact) mass is 339 g/mol. The van der Waals surface area contributed by atoms with E-state index in [0.717, 1.165) is 43.1 Å². The van der Waals surface area contributed by atoms with Gasteiger partial charge in [0.15, 0.2) is 0 Å². The fraction of sp³-hybridized carbons (Fsp3) is 0.450. The summed E-state index contributed by atoms with van der Waals surface area (Å²) in [5.41, 5.74) is 4.01. The molecule has 1 aromatic heterocycles. The third kappa shape index (κ3) is 4.04. The number of hydrogen-bond acceptors (Lipinski definition) is 5. The van der Waals surface area contributed by atoms with Crippen LogP contribution in [-0.2, 0) is 29.7 Å². The molecule has 3 rings (SSSR count). The summed E-state index contributed by atoms with van der Waals surface area (Å²) < 4.78 is 4.80. The Morgan fingerprint density at radius 3 is 2.84 bits per heavy atom. The van der Waals surface area contributed by atoms with Crippen molar-refractivity contribution in [3.8, 4) is 0 Å². The maximum absolute atomic E-state index is 11.7. The molecule has 0 spiro atoms. The van der Waals surface area contributed by atoms with E-state index in [-0.39, 0.29) is 11.4 Å². The molecule has 0 saturated heterocycles. The molecule has 0 atom stereocenters. The molecule has 0 saturated carbocycles.